The van der Waals surface area contributed by atoms with Gasteiger partial charge in [0.25, 0.3) is 0 Å². The number of carbonyl (C=O) groups is 1. The maximum Gasteiger partial charge on any atom is 0.196 e. The molecule has 2 heterocycles. The number of rotatable bonds is 3. The molecule has 0 saturated carbocycles. The highest BCUT2D eigenvalue weighted by Crippen LogP contribution is 2.46. The van der Waals surface area contributed by atoms with Crippen molar-refractivity contribution in [1.82, 2.24) is 5.16 Å². The summed E-state index contributed by atoms with van der Waals surface area (Å²) >= 11 is 0. The number of carbonyl (C=O) groups excluding carboxylic acids is 1. The van der Waals surface area contributed by atoms with Crippen LogP contribution < -0.4 is 10.2 Å². The number of fused-ring (bicyclic) bond motifs is 2. The summed E-state index contributed by atoms with van der Waals surface area (Å²) in [5.41, 5.74) is 4.93. The highest BCUT2D eigenvalue weighted by atomic mass is 16.5. The molecule has 1 N–H and O–H groups in total. The van der Waals surface area contributed by atoms with E-state index in [2.05, 4.69) is 49.1 Å². The molecule has 2 atom stereocenters. The molecule has 2 aliphatic rings. The van der Waals surface area contributed by atoms with E-state index >= 15 is 0 Å². The van der Waals surface area contributed by atoms with Crippen molar-refractivity contribution in [2.75, 3.05) is 23.3 Å². The average molecular weight is 389 g/mol. The molecule has 0 spiro atoms. The quantitative estimate of drug-likeness (QED) is 0.512. The molecule has 150 valence electrons. The Hall–Kier alpha value is -2.82. The lowest BCUT2D eigenvalue weighted by Crippen LogP contribution is -2.39. The number of benzene rings is 2. The van der Waals surface area contributed by atoms with Crippen molar-refractivity contribution in [2.24, 2.45) is 11.8 Å². The van der Waals surface area contributed by atoms with E-state index in [1.54, 1.807) is 0 Å². The largest absolute Gasteiger partial charge is 0.382 e. The average Bonchev–Trinajstić information content (AvgIpc) is 3.10. The highest BCUT2D eigenvalue weighted by Gasteiger charge is 2.34. The normalized spacial score (nSPS) is 21.0. The molecule has 1 fully saturated rings. The smallest absolute Gasteiger partial charge is 0.196 e. The van der Waals surface area contributed by atoms with E-state index in [-0.39, 0.29) is 11.8 Å². The van der Waals surface area contributed by atoms with Crippen LogP contribution in [0.2, 0.25) is 0 Å². The van der Waals surface area contributed by atoms with Gasteiger partial charge in [0.05, 0.1) is 16.6 Å². The van der Waals surface area contributed by atoms with Gasteiger partial charge in [-0.2, -0.15) is 0 Å². The predicted octanol–water partition coefficient (Wildman–Crippen LogP) is 5.34. The number of nitrogens with one attached hydrogen (secondary N) is 1. The van der Waals surface area contributed by atoms with Crippen LogP contribution in [0.15, 0.2) is 34.9 Å². The summed E-state index contributed by atoms with van der Waals surface area (Å²) in [6.45, 7) is 10.8. The van der Waals surface area contributed by atoms with Gasteiger partial charge >= 0.3 is 0 Å². The second-order valence-corrected chi connectivity index (χ2v) is 9.08. The summed E-state index contributed by atoms with van der Waals surface area (Å²) in [6.07, 6.45) is 1.24. The van der Waals surface area contributed by atoms with Crippen LogP contribution in [-0.2, 0) is 0 Å². The topological polar surface area (TPSA) is 58.4 Å². The van der Waals surface area contributed by atoms with Gasteiger partial charge in [-0.25, -0.2) is 0 Å². The minimum atomic E-state index is 0.0383. The molecule has 0 amide bonds. The molecular formula is C24H27N3O2. The van der Waals surface area contributed by atoms with E-state index < -0.39 is 0 Å². The molecule has 1 saturated heterocycles. The van der Waals surface area contributed by atoms with Gasteiger partial charge in [-0.05, 0) is 38.2 Å². The molecule has 2 aromatic carbocycles. The molecule has 0 bridgehead atoms. The molecule has 1 aromatic heterocycles. The van der Waals surface area contributed by atoms with E-state index in [0.29, 0.717) is 28.7 Å². The Labute approximate surface area is 171 Å². The van der Waals surface area contributed by atoms with Crippen LogP contribution >= 0.6 is 0 Å². The van der Waals surface area contributed by atoms with Gasteiger partial charge in [-0.3, -0.25) is 4.79 Å². The van der Waals surface area contributed by atoms with Gasteiger partial charge in [0.1, 0.15) is 5.52 Å². The minimum absolute atomic E-state index is 0.0383. The van der Waals surface area contributed by atoms with E-state index in [0.717, 1.165) is 40.9 Å². The molecule has 1 aliphatic carbocycles. The van der Waals surface area contributed by atoms with Crippen molar-refractivity contribution in [3.05, 3.63) is 41.5 Å². The lowest BCUT2D eigenvalue weighted by atomic mass is 9.85. The van der Waals surface area contributed by atoms with Crippen LogP contribution in [0.4, 0.5) is 11.4 Å². The zero-order valence-electron chi connectivity index (χ0n) is 17.5. The standard InChI is InChI=1S/C24H27N3O2/c1-13(2)25-18-10-19(27-11-14(3)9-15(4)12-27)22-21-20(18)23(28)16-7-5-6-8-17(16)24(21)29-26-22/h5-8,10,13-15,25H,9,11-12H2,1-4H3/t14-,15+. The van der Waals surface area contributed by atoms with Crippen molar-refractivity contribution >= 4 is 28.1 Å². The summed E-state index contributed by atoms with van der Waals surface area (Å²) in [4.78, 5) is 15.9. The van der Waals surface area contributed by atoms with Crippen molar-refractivity contribution in [1.29, 1.82) is 0 Å². The Morgan fingerprint density at radius 1 is 1.14 bits per heavy atom. The fourth-order valence-corrected chi connectivity index (χ4v) is 5.07. The lowest BCUT2D eigenvalue weighted by molar-refractivity contribution is 0.104. The number of anilines is 2. The van der Waals surface area contributed by atoms with Crippen molar-refractivity contribution in [3.63, 3.8) is 0 Å². The van der Waals surface area contributed by atoms with Gasteiger partial charge in [-0.1, -0.05) is 43.3 Å². The van der Waals surface area contributed by atoms with Gasteiger partial charge < -0.3 is 14.7 Å². The Morgan fingerprint density at radius 3 is 2.52 bits per heavy atom. The van der Waals surface area contributed by atoms with Crippen LogP contribution in [0.1, 0.15) is 50.0 Å². The number of aromatic nitrogens is 1. The molecule has 5 heteroatoms. The Balaban J connectivity index is 1.78. The van der Waals surface area contributed by atoms with Crippen molar-refractivity contribution in [2.45, 2.75) is 40.2 Å². The highest BCUT2D eigenvalue weighted by molar-refractivity contribution is 6.28. The van der Waals surface area contributed by atoms with E-state index in [1.807, 2.05) is 24.3 Å². The van der Waals surface area contributed by atoms with Gasteiger partial charge in [0, 0.05) is 35.9 Å². The summed E-state index contributed by atoms with van der Waals surface area (Å²) in [7, 11) is 0. The van der Waals surface area contributed by atoms with E-state index in [4.69, 9.17) is 4.52 Å². The van der Waals surface area contributed by atoms with Gasteiger partial charge in [0.2, 0.25) is 0 Å². The SMILES string of the molecule is CC(C)Nc1cc(N2C[C@H](C)C[C@H](C)C2)c2noc3c2c1C(=O)c1ccccc1-3. The van der Waals surface area contributed by atoms with Crippen molar-refractivity contribution < 1.29 is 9.32 Å². The first kappa shape index (κ1) is 18.2. The van der Waals surface area contributed by atoms with Crippen LogP contribution in [0.3, 0.4) is 0 Å². The molecule has 5 nitrogen and oxygen atoms in total. The maximum atomic E-state index is 13.5. The molecular weight excluding hydrogens is 362 g/mol. The van der Waals surface area contributed by atoms with Gasteiger partial charge in [-0.15, -0.1) is 0 Å². The maximum absolute atomic E-state index is 13.5. The zero-order chi connectivity index (χ0) is 20.3. The third-order valence-electron chi connectivity index (χ3n) is 6.03. The minimum Gasteiger partial charge on any atom is -0.382 e. The second kappa shape index (κ2) is 6.61. The molecule has 1 aliphatic heterocycles. The molecule has 0 radical (unpaired) electrons. The third-order valence-corrected chi connectivity index (χ3v) is 6.03. The number of hydrogen-bond acceptors (Lipinski definition) is 5. The summed E-state index contributed by atoms with van der Waals surface area (Å²) in [6, 6.07) is 9.98. The van der Waals surface area contributed by atoms with Crippen LogP contribution in [0, 0.1) is 11.8 Å². The van der Waals surface area contributed by atoms with Gasteiger partial charge in [0.15, 0.2) is 11.5 Å². The Kier molecular flexibility index (Phi) is 4.16. The first-order valence-electron chi connectivity index (χ1n) is 10.6. The van der Waals surface area contributed by atoms with Crippen LogP contribution in [0.5, 0.6) is 0 Å². The predicted molar refractivity (Wildman–Crippen MR) is 117 cm³/mol. The monoisotopic (exact) mass is 389 g/mol. The van der Waals surface area contributed by atoms with Crippen LogP contribution in [0.25, 0.3) is 22.2 Å². The number of hydrogen-bond donors (Lipinski definition) is 1. The molecule has 29 heavy (non-hydrogen) atoms. The summed E-state index contributed by atoms with van der Waals surface area (Å²) < 4.78 is 5.86. The Bertz CT molecular complexity index is 1100. The number of ketones is 1. The fraction of sp³-hybridized carbons (Fsp3) is 0.417. The molecule has 3 aromatic rings. The van der Waals surface area contributed by atoms with E-state index in [9.17, 15) is 4.79 Å². The molecule has 0 unspecified atom stereocenters. The summed E-state index contributed by atoms with van der Waals surface area (Å²) in [5.74, 6) is 1.99. The Morgan fingerprint density at radius 2 is 1.83 bits per heavy atom. The fourth-order valence-electron chi connectivity index (χ4n) is 5.07. The van der Waals surface area contributed by atoms with Crippen molar-refractivity contribution in [3.8, 4) is 11.3 Å². The summed E-state index contributed by atoms with van der Waals surface area (Å²) in [5, 5.41) is 8.83. The zero-order valence-corrected chi connectivity index (χ0v) is 17.5. The number of nitrogens with zero attached hydrogens (tertiary/aromatic N) is 2. The third kappa shape index (κ3) is 2.83. The first-order valence-corrected chi connectivity index (χ1v) is 10.6. The van der Waals surface area contributed by atoms with Crippen LogP contribution in [-0.4, -0.2) is 30.1 Å². The second-order valence-electron chi connectivity index (χ2n) is 9.08. The van der Waals surface area contributed by atoms with E-state index in [1.165, 1.54) is 6.42 Å². The molecule has 5 rings (SSSR count). The number of piperidine rings is 1. The first-order chi connectivity index (χ1) is 13.9. The lowest BCUT2D eigenvalue weighted by Gasteiger charge is -2.37.